The quantitative estimate of drug-likeness (QED) is 0.176. The molecule has 22 heteroatoms. The van der Waals surface area contributed by atoms with Crippen LogP contribution >= 0.6 is 0 Å². The van der Waals surface area contributed by atoms with Crippen molar-refractivity contribution in [3.8, 4) is 51.5 Å². The molecular formula is C60H55N9Na2O11. The molecule has 82 heavy (non-hydrogen) atoms. The molecule has 4 amide bonds. The summed E-state index contributed by atoms with van der Waals surface area (Å²) in [7, 11) is 1.67. The van der Waals surface area contributed by atoms with Crippen LogP contribution in [0.25, 0.3) is 22.7 Å². The van der Waals surface area contributed by atoms with Crippen LogP contribution in [0.3, 0.4) is 0 Å². The van der Waals surface area contributed by atoms with Gasteiger partial charge in [-0.2, -0.15) is 4.68 Å². The first-order valence-corrected chi connectivity index (χ1v) is 24.4. The maximum atomic E-state index is 12.4. The molecule has 10 aromatic rings. The number of benzene rings is 8. The summed E-state index contributed by atoms with van der Waals surface area (Å²) in [5.41, 5.74) is 4.70. The molecule has 20 nitrogen and oxygen atoms in total. The summed E-state index contributed by atoms with van der Waals surface area (Å²) < 4.78 is 8.99. The van der Waals surface area contributed by atoms with Crippen LogP contribution < -0.4 is 102 Å². The first kappa shape index (κ1) is 65.5. The van der Waals surface area contributed by atoms with Crippen molar-refractivity contribution in [2.75, 3.05) is 12.0 Å². The van der Waals surface area contributed by atoms with E-state index in [9.17, 15) is 44.1 Å². The van der Waals surface area contributed by atoms with E-state index in [1.54, 1.807) is 154 Å². The van der Waals surface area contributed by atoms with E-state index in [2.05, 4.69) is 27.3 Å². The molecule has 8 aromatic carbocycles. The molecule has 2 aromatic heterocycles. The number of methoxy groups -OCH3 is 1. The molecule has 408 valence electrons. The van der Waals surface area contributed by atoms with Crippen molar-refractivity contribution in [2.24, 2.45) is 10.2 Å². The Balaban J connectivity index is 0.000000220. The molecule has 0 saturated carbocycles. The number of aryl methyl sites for hydroxylation is 5. The molecule has 0 bridgehead atoms. The molecular weight excluding hydrogens is 1070 g/mol. The number of H-pyrrole nitrogens is 2. The number of rotatable bonds is 6. The third-order valence-electron chi connectivity index (χ3n) is 11.3. The number of hydrogen-bond donors (Lipinski definition) is 4. The Hall–Kier alpha value is -9.02. The van der Waals surface area contributed by atoms with Crippen molar-refractivity contribution in [1.82, 2.24) is 28.7 Å². The molecule has 1 aliphatic heterocycles. The van der Waals surface area contributed by atoms with Gasteiger partial charge < -0.3 is 25.2 Å². The predicted molar refractivity (Wildman–Crippen MR) is 300 cm³/mol. The third-order valence-corrected chi connectivity index (χ3v) is 11.3. The number of imide groups is 1. The second-order valence-electron chi connectivity index (χ2n) is 17.5. The molecule has 0 aliphatic carbocycles. The van der Waals surface area contributed by atoms with Crippen LogP contribution in [0, 0.1) is 34.6 Å². The van der Waals surface area contributed by atoms with Crippen molar-refractivity contribution in [2.45, 2.75) is 34.6 Å². The number of phenolic OH excluding ortho intramolecular Hbond substituents is 2. The number of amides is 4. The van der Waals surface area contributed by atoms with Gasteiger partial charge in [0.1, 0.15) is 22.9 Å². The van der Waals surface area contributed by atoms with Gasteiger partial charge in [-0.05, 0) is 125 Å². The van der Waals surface area contributed by atoms with Crippen LogP contribution in [-0.2, 0) is 0 Å². The molecule has 0 unspecified atom stereocenters. The van der Waals surface area contributed by atoms with Crippen molar-refractivity contribution in [3.05, 3.63) is 270 Å². The number of aromatic hydroxyl groups is 2. The Morgan fingerprint density at radius 3 is 1.22 bits per heavy atom. The second kappa shape index (κ2) is 31.7. The van der Waals surface area contributed by atoms with Crippen LogP contribution in [0.2, 0.25) is 0 Å². The van der Waals surface area contributed by atoms with E-state index in [1.165, 1.54) is 23.3 Å². The fraction of sp³-hybridized carbons (Fsp3) is 0.100. The number of aromatic nitrogens is 6. The average molecular weight is 1120 g/mol. The predicted octanol–water partition coefficient (Wildman–Crippen LogP) is 3.01. The van der Waals surface area contributed by atoms with Crippen LogP contribution in [0.5, 0.6) is 28.7 Å². The first-order chi connectivity index (χ1) is 38.3. The zero-order valence-corrected chi connectivity index (χ0v) is 50.3. The Labute approximate surface area is 514 Å². The number of nitrogens with zero attached hydrogens (tertiary/aromatic N) is 7. The fourth-order valence-electron chi connectivity index (χ4n) is 7.12. The summed E-state index contributed by atoms with van der Waals surface area (Å²) in [6.07, 6.45) is 0. The van der Waals surface area contributed by atoms with Gasteiger partial charge >= 0.3 is 93.9 Å². The first-order valence-electron chi connectivity index (χ1n) is 24.4. The number of carbonyl (C=O) groups excluding carboxylic acids is 2. The summed E-state index contributed by atoms with van der Waals surface area (Å²) >= 11 is 0. The van der Waals surface area contributed by atoms with Crippen molar-refractivity contribution in [1.29, 1.82) is 0 Å². The van der Waals surface area contributed by atoms with Gasteiger partial charge in [-0.15, -0.1) is 5.75 Å². The Morgan fingerprint density at radius 2 is 0.805 bits per heavy atom. The van der Waals surface area contributed by atoms with E-state index < -0.39 is 34.8 Å². The molecule has 1 aliphatic rings. The molecule has 0 radical (unpaired) electrons. The van der Waals surface area contributed by atoms with E-state index in [-0.39, 0.29) is 87.7 Å². The summed E-state index contributed by atoms with van der Waals surface area (Å²) in [4.78, 5) is 71.9. The number of aromatic amines is 2. The molecule has 0 saturated heterocycles. The van der Waals surface area contributed by atoms with Gasteiger partial charge in [0.25, 0.3) is 0 Å². The topological polar surface area (TPSA) is 277 Å². The minimum Gasteiger partial charge on any atom is -0.872 e. The Morgan fingerprint density at radius 1 is 0.439 bits per heavy atom. The number of ether oxygens (including phenoxy) is 1. The van der Waals surface area contributed by atoms with E-state index >= 15 is 0 Å². The summed E-state index contributed by atoms with van der Waals surface area (Å²) in [5, 5.41) is 52.1. The number of para-hydroxylation sites is 3. The zero-order valence-electron chi connectivity index (χ0n) is 46.3. The number of phenols is 2. The van der Waals surface area contributed by atoms with Crippen molar-refractivity contribution < 1.29 is 93.9 Å². The van der Waals surface area contributed by atoms with Gasteiger partial charge in [0.2, 0.25) is 0 Å². The second-order valence-corrected chi connectivity index (χ2v) is 17.5. The number of carbonyl (C=O) groups is 2. The van der Waals surface area contributed by atoms with E-state index in [1.807, 2.05) is 69.3 Å². The monoisotopic (exact) mass is 1120 g/mol. The minimum atomic E-state index is -0.642. The standard InChI is InChI=1S/2C15H13N3O3.C8H5N3O2.C8H10O.2C7H8O.2Na/c2*1-10-7-8-13(19)12(9-10)18-15(21)17(14(20)16-18)11-5-3-2-4-6-11;12-7-9-10-8(13)11(7)6-4-2-1-3-5-6;1-7-3-5-8(9-2)6-4-7;2*1-6-2-4-7(8)5-3-6;;/h2*2-9,19H,1H3,(H,16,20);1-5H;3-6H,1-2H3;2*2-5,8H,1H3;;/q;;;;;;2*+1/p-2. The van der Waals surface area contributed by atoms with Crippen LogP contribution in [-0.4, -0.2) is 58.1 Å². The zero-order chi connectivity index (χ0) is 57.9. The Kier molecular flexibility index (Phi) is 25.3. The largest absolute Gasteiger partial charge is 1.00 e. The number of urea groups is 2. The maximum absolute atomic E-state index is 12.4. The van der Waals surface area contributed by atoms with Crippen molar-refractivity contribution in [3.63, 3.8) is 0 Å². The fourth-order valence-corrected chi connectivity index (χ4v) is 7.12. The maximum Gasteiger partial charge on any atom is 1.00 e. The molecule has 11 rings (SSSR count). The summed E-state index contributed by atoms with van der Waals surface area (Å²) in [6, 6.07) is 55.6. The third kappa shape index (κ3) is 18.3. The molecule has 0 spiro atoms. The van der Waals surface area contributed by atoms with Gasteiger partial charge in [-0.1, -0.05) is 154 Å². The summed E-state index contributed by atoms with van der Waals surface area (Å²) in [6.45, 7) is 9.64. The average Bonchev–Trinajstić information content (AvgIpc) is 4.32. The van der Waals surface area contributed by atoms with Gasteiger partial charge in [-0.25, -0.2) is 57.7 Å². The van der Waals surface area contributed by atoms with E-state index in [4.69, 9.17) is 9.84 Å². The van der Waals surface area contributed by atoms with Crippen LogP contribution in [0.15, 0.2) is 230 Å². The number of hydrogen-bond acceptors (Lipinski definition) is 11. The molecule has 3 heterocycles. The van der Waals surface area contributed by atoms with Gasteiger partial charge in [-0.3, -0.25) is 0 Å². The number of azo groups is 1. The Bertz CT molecular complexity index is 3680. The SMILES string of the molecule is COc1ccc(C)cc1.Cc1ccc(O)c(-n2[nH]c(=O)n(-c3ccccc3)c2=O)c1.Cc1ccc(O)cc1.Cc1ccc([O-])c(-n2[nH]c(=O)n(-c3ccccc3)c2=O)c1.Cc1ccc([O-])cc1.O=C1N=NC(=O)N1c1ccccc1.[Na+].[Na+]. The molecule has 0 fully saturated rings. The number of anilines is 1. The van der Waals surface area contributed by atoms with E-state index in [0.29, 0.717) is 22.8 Å². The minimum absolute atomic E-state index is 0. The normalized spacial score (nSPS) is 10.7. The number of nitrogens with one attached hydrogen (secondary N) is 2. The van der Waals surface area contributed by atoms with Gasteiger partial charge in [0.05, 0.1) is 29.9 Å². The van der Waals surface area contributed by atoms with Crippen LogP contribution in [0.4, 0.5) is 15.3 Å². The van der Waals surface area contributed by atoms with Crippen LogP contribution in [0.1, 0.15) is 27.8 Å². The van der Waals surface area contributed by atoms with Gasteiger partial charge in [0.15, 0.2) is 0 Å². The summed E-state index contributed by atoms with van der Waals surface area (Å²) in [5.74, 6) is 0.917. The smallest absolute Gasteiger partial charge is 0.872 e. The van der Waals surface area contributed by atoms with Crippen molar-refractivity contribution >= 4 is 17.7 Å². The van der Waals surface area contributed by atoms with E-state index in [0.717, 1.165) is 45.8 Å². The molecule has 0 atom stereocenters. The molecule has 4 N–H and O–H groups in total. The van der Waals surface area contributed by atoms with Gasteiger partial charge in [0, 0.05) is 0 Å².